The molecule has 18 heavy (non-hydrogen) atoms. The number of nitrogens with one attached hydrogen (secondary N) is 1. The standard InChI is InChI=1S/C13H13FN2OS/c1-8-3-4-9(5-10(8)14)11-6-13(18)16-12(15-11)7-17-2/h3-6H,7H2,1-2H3,(H,15,16,18). The summed E-state index contributed by atoms with van der Waals surface area (Å²) in [6.45, 7) is 2.07. The number of halogens is 1. The summed E-state index contributed by atoms with van der Waals surface area (Å²) in [5.41, 5.74) is 2.09. The van der Waals surface area contributed by atoms with E-state index in [1.165, 1.54) is 6.07 Å². The predicted octanol–water partition coefficient (Wildman–Crippen LogP) is 3.40. The van der Waals surface area contributed by atoms with Crippen molar-refractivity contribution in [3.63, 3.8) is 0 Å². The lowest BCUT2D eigenvalue weighted by molar-refractivity contribution is 0.177. The van der Waals surface area contributed by atoms with E-state index in [4.69, 9.17) is 17.0 Å². The van der Waals surface area contributed by atoms with Gasteiger partial charge in [0.15, 0.2) is 0 Å². The van der Waals surface area contributed by atoms with Gasteiger partial charge in [0.05, 0.1) is 0 Å². The van der Waals surface area contributed by atoms with Gasteiger partial charge in [0.1, 0.15) is 22.9 Å². The maximum atomic E-state index is 13.5. The lowest BCUT2D eigenvalue weighted by atomic mass is 10.1. The summed E-state index contributed by atoms with van der Waals surface area (Å²) in [5.74, 6) is 0.387. The van der Waals surface area contributed by atoms with Crippen LogP contribution in [-0.4, -0.2) is 17.1 Å². The molecule has 5 heteroatoms. The van der Waals surface area contributed by atoms with E-state index in [-0.39, 0.29) is 5.82 Å². The Morgan fingerprint density at radius 3 is 2.83 bits per heavy atom. The van der Waals surface area contributed by atoms with E-state index in [9.17, 15) is 4.39 Å². The molecule has 0 aliphatic carbocycles. The maximum Gasteiger partial charge on any atom is 0.134 e. The topological polar surface area (TPSA) is 37.9 Å². The lowest BCUT2D eigenvalue weighted by Crippen LogP contribution is -1.99. The van der Waals surface area contributed by atoms with Crippen molar-refractivity contribution in [2.75, 3.05) is 7.11 Å². The van der Waals surface area contributed by atoms with Crippen molar-refractivity contribution in [1.82, 2.24) is 9.97 Å². The van der Waals surface area contributed by atoms with Gasteiger partial charge in [-0.05, 0) is 24.6 Å². The first-order chi connectivity index (χ1) is 8.60. The van der Waals surface area contributed by atoms with Crippen LogP contribution in [0.15, 0.2) is 24.3 Å². The molecule has 2 rings (SSSR count). The van der Waals surface area contributed by atoms with Gasteiger partial charge in [0.2, 0.25) is 0 Å². The first-order valence-corrected chi connectivity index (χ1v) is 5.86. The SMILES string of the molecule is COCc1nc(=S)cc(-c2ccc(C)c(F)c2)[nH]1. The van der Waals surface area contributed by atoms with E-state index < -0.39 is 0 Å². The molecular formula is C13H13FN2OS. The van der Waals surface area contributed by atoms with E-state index in [0.717, 1.165) is 11.3 Å². The first kappa shape index (κ1) is 12.9. The Morgan fingerprint density at radius 1 is 1.39 bits per heavy atom. The van der Waals surface area contributed by atoms with Gasteiger partial charge in [-0.2, -0.15) is 0 Å². The highest BCUT2D eigenvalue weighted by Gasteiger charge is 2.04. The number of aromatic nitrogens is 2. The Labute approximate surface area is 110 Å². The molecular weight excluding hydrogens is 251 g/mol. The quantitative estimate of drug-likeness (QED) is 0.863. The number of benzene rings is 1. The van der Waals surface area contributed by atoms with Crippen LogP contribution in [0, 0.1) is 17.4 Å². The van der Waals surface area contributed by atoms with Crippen molar-refractivity contribution in [3.05, 3.63) is 46.1 Å². The van der Waals surface area contributed by atoms with E-state index in [1.807, 2.05) is 6.07 Å². The van der Waals surface area contributed by atoms with E-state index >= 15 is 0 Å². The van der Waals surface area contributed by atoms with Gasteiger partial charge in [-0.25, -0.2) is 9.37 Å². The summed E-state index contributed by atoms with van der Waals surface area (Å²) in [4.78, 5) is 7.21. The van der Waals surface area contributed by atoms with Gasteiger partial charge in [-0.15, -0.1) is 0 Å². The molecule has 3 nitrogen and oxygen atoms in total. The minimum absolute atomic E-state index is 0.239. The summed E-state index contributed by atoms with van der Waals surface area (Å²) >= 11 is 5.08. The number of aromatic amines is 1. The third kappa shape index (κ3) is 2.80. The van der Waals surface area contributed by atoms with Crippen LogP contribution in [0.5, 0.6) is 0 Å². The van der Waals surface area contributed by atoms with Gasteiger partial charge < -0.3 is 9.72 Å². The van der Waals surface area contributed by atoms with Crippen LogP contribution < -0.4 is 0 Å². The molecule has 0 aliphatic heterocycles. The number of nitrogens with zero attached hydrogens (tertiary/aromatic N) is 1. The van der Waals surface area contributed by atoms with Crippen molar-refractivity contribution in [2.45, 2.75) is 13.5 Å². The summed E-state index contributed by atoms with van der Waals surface area (Å²) < 4.78 is 19.0. The van der Waals surface area contributed by atoms with Gasteiger partial charge in [0.25, 0.3) is 0 Å². The molecule has 0 saturated carbocycles. The summed E-state index contributed by atoms with van der Waals surface area (Å²) in [7, 11) is 1.58. The van der Waals surface area contributed by atoms with E-state index in [2.05, 4.69) is 9.97 Å². The third-order valence-corrected chi connectivity index (χ3v) is 2.76. The molecule has 0 aliphatic rings. The molecule has 0 radical (unpaired) electrons. The molecule has 0 spiro atoms. The van der Waals surface area contributed by atoms with Gasteiger partial charge in [-0.1, -0.05) is 24.4 Å². The number of ether oxygens (including phenoxy) is 1. The van der Waals surface area contributed by atoms with E-state index in [1.54, 1.807) is 26.2 Å². The Balaban J connectivity index is 2.49. The van der Waals surface area contributed by atoms with Crippen molar-refractivity contribution in [3.8, 4) is 11.3 Å². The van der Waals surface area contributed by atoms with Crippen molar-refractivity contribution in [1.29, 1.82) is 0 Å². The zero-order chi connectivity index (χ0) is 13.1. The fourth-order valence-corrected chi connectivity index (χ4v) is 1.86. The number of hydrogen-bond donors (Lipinski definition) is 1. The summed E-state index contributed by atoms with van der Waals surface area (Å²) in [6.07, 6.45) is 0. The number of H-pyrrole nitrogens is 1. The Hall–Kier alpha value is -1.59. The molecule has 1 aromatic heterocycles. The van der Waals surface area contributed by atoms with Gasteiger partial charge >= 0.3 is 0 Å². The number of aryl methyl sites for hydroxylation is 1. The second-order valence-electron chi connectivity index (χ2n) is 3.98. The van der Waals surface area contributed by atoms with Crippen molar-refractivity contribution < 1.29 is 9.13 Å². The smallest absolute Gasteiger partial charge is 0.134 e. The van der Waals surface area contributed by atoms with Crippen LogP contribution in [-0.2, 0) is 11.3 Å². The van der Waals surface area contributed by atoms with Gasteiger partial charge in [-0.3, -0.25) is 0 Å². The van der Waals surface area contributed by atoms with Crippen molar-refractivity contribution in [2.24, 2.45) is 0 Å². The molecule has 0 saturated heterocycles. The second-order valence-corrected chi connectivity index (χ2v) is 4.39. The predicted molar refractivity (Wildman–Crippen MR) is 70.3 cm³/mol. The molecule has 0 amide bonds. The average Bonchev–Trinajstić information content (AvgIpc) is 2.32. The van der Waals surface area contributed by atoms with Crippen LogP contribution in [0.3, 0.4) is 0 Å². The number of methoxy groups -OCH3 is 1. The molecule has 0 bridgehead atoms. The fourth-order valence-electron chi connectivity index (χ4n) is 1.63. The Bertz CT molecular complexity index is 625. The van der Waals surface area contributed by atoms with Gasteiger partial charge in [0, 0.05) is 18.4 Å². The Morgan fingerprint density at radius 2 is 2.17 bits per heavy atom. The van der Waals surface area contributed by atoms with Crippen LogP contribution in [0.1, 0.15) is 11.4 Å². The highest BCUT2D eigenvalue weighted by atomic mass is 32.1. The third-order valence-electron chi connectivity index (χ3n) is 2.56. The molecule has 94 valence electrons. The molecule has 0 fully saturated rings. The number of hydrogen-bond acceptors (Lipinski definition) is 3. The van der Waals surface area contributed by atoms with Crippen molar-refractivity contribution >= 4 is 12.2 Å². The zero-order valence-electron chi connectivity index (χ0n) is 10.2. The minimum atomic E-state index is -0.239. The van der Waals surface area contributed by atoms with Crippen LogP contribution in [0.2, 0.25) is 0 Å². The highest BCUT2D eigenvalue weighted by Crippen LogP contribution is 2.20. The summed E-state index contributed by atoms with van der Waals surface area (Å²) in [6, 6.07) is 6.76. The normalized spacial score (nSPS) is 10.6. The molecule has 1 heterocycles. The lowest BCUT2D eigenvalue weighted by Gasteiger charge is -2.06. The number of rotatable bonds is 3. The molecule has 0 unspecified atom stereocenters. The van der Waals surface area contributed by atoms with E-state index in [0.29, 0.717) is 22.6 Å². The largest absolute Gasteiger partial charge is 0.377 e. The van der Waals surface area contributed by atoms with Crippen LogP contribution in [0.25, 0.3) is 11.3 Å². The monoisotopic (exact) mass is 264 g/mol. The highest BCUT2D eigenvalue weighted by molar-refractivity contribution is 7.71. The maximum absolute atomic E-state index is 13.5. The Kier molecular flexibility index (Phi) is 3.84. The molecule has 0 atom stereocenters. The zero-order valence-corrected chi connectivity index (χ0v) is 11.0. The minimum Gasteiger partial charge on any atom is -0.377 e. The molecule has 2 aromatic rings. The summed E-state index contributed by atoms with van der Waals surface area (Å²) in [5, 5.41) is 0. The average molecular weight is 264 g/mol. The van der Waals surface area contributed by atoms with Crippen LogP contribution in [0.4, 0.5) is 4.39 Å². The molecule has 1 aromatic carbocycles. The second kappa shape index (κ2) is 5.37. The molecule has 1 N–H and O–H groups in total. The fraction of sp³-hybridized carbons (Fsp3) is 0.231. The van der Waals surface area contributed by atoms with Crippen LogP contribution >= 0.6 is 12.2 Å². The first-order valence-electron chi connectivity index (χ1n) is 5.46.